The molecule has 1 aromatic carbocycles. The third kappa shape index (κ3) is 1.48. The molecular formula is C7H7BrFN. The predicted octanol–water partition coefficient (Wildman–Crippen LogP) is 2.30. The quantitative estimate of drug-likeness (QED) is 0.551. The molecule has 3 heteroatoms. The van der Waals surface area contributed by atoms with Crippen molar-refractivity contribution in [2.75, 3.05) is 5.73 Å². The van der Waals surface area contributed by atoms with Crippen LogP contribution in [0.2, 0.25) is 0 Å². The third-order valence-corrected chi connectivity index (χ3v) is 1.86. The maximum absolute atomic E-state index is 12.5. The number of rotatable bonds is 1. The van der Waals surface area contributed by atoms with Gasteiger partial charge in [0.1, 0.15) is 5.82 Å². The number of halogens is 2. The first-order valence-electron chi connectivity index (χ1n) is 2.84. The van der Waals surface area contributed by atoms with E-state index in [0.29, 0.717) is 5.33 Å². The second kappa shape index (κ2) is 3.01. The fourth-order valence-corrected chi connectivity index (χ4v) is 1.03. The van der Waals surface area contributed by atoms with Crippen molar-refractivity contribution in [3.8, 4) is 0 Å². The molecule has 0 aliphatic heterocycles. The number of benzene rings is 1. The maximum Gasteiger partial charge on any atom is 0.146 e. The molecule has 0 aliphatic carbocycles. The molecule has 0 saturated carbocycles. The van der Waals surface area contributed by atoms with E-state index >= 15 is 0 Å². The van der Waals surface area contributed by atoms with Crippen molar-refractivity contribution in [2.24, 2.45) is 0 Å². The van der Waals surface area contributed by atoms with Crippen LogP contribution in [-0.2, 0) is 5.33 Å². The maximum atomic E-state index is 12.5. The van der Waals surface area contributed by atoms with Crippen LogP contribution in [0.4, 0.5) is 10.1 Å². The van der Waals surface area contributed by atoms with E-state index in [9.17, 15) is 4.39 Å². The number of alkyl halides is 1. The Balaban J connectivity index is 3.04. The Morgan fingerprint density at radius 2 is 2.20 bits per heavy atom. The molecule has 0 atom stereocenters. The molecule has 1 nitrogen and oxygen atoms in total. The SMILES string of the molecule is Nc1cc(CBr)ccc1F. The number of anilines is 1. The van der Waals surface area contributed by atoms with Gasteiger partial charge in [0.25, 0.3) is 0 Å². The van der Waals surface area contributed by atoms with E-state index in [2.05, 4.69) is 15.9 Å². The molecule has 0 spiro atoms. The highest BCUT2D eigenvalue weighted by Crippen LogP contribution is 2.13. The number of hydrogen-bond donors (Lipinski definition) is 1. The highest BCUT2D eigenvalue weighted by atomic mass is 79.9. The first kappa shape index (κ1) is 7.54. The summed E-state index contributed by atoms with van der Waals surface area (Å²) in [5.41, 5.74) is 6.49. The van der Waals surface area contributed by atoms with Gasteiger partial charge in [0.15, 0.2) is 0 Å². The molecule has 0 bridgehead atoms. The Morgan fingerprint density at radius 3 is 2.70 bits per heavy atom. The average molecular weight is 204 g/mol. The topological polar surface area (TPSA) is 26.0 Å². The van der Waals surface area contributed by atoms with Gasteiger partial charge in [-0.05, 0) is 17.7 Å². The molecule has 0 aliphatic rings. The van der Waals surface area contributed by atoms with Gasteiger partial charge >= 0.3 is 0 Å². The normalized spacial score (nSPS) is 9.80. The fourth-order valence-electron chi connectivity index (χ4n) is 0.676. The van der Waals surface area contributed by atoms with E-state index < -0.39 is 0 Å². The van der Waals surface area contributed by atoms with Gasteiger partial charge in [-0.3, -0.25) is 0 Å². The van der Waals surface area contributed by atoms with Gasteiger partial charge in [0, 0.05) is 5.33 Å². The van der Waals surface area contributed by atoms with Crippen molar-refractivity contribution in [1.29, 1.82) is 0 Å². The molecule has 0 unspecified atom stereocenters. The lowest BCUT2D eigenvalue weighted by molar-refractivity contribution is 0.632. The molecule has 0 radical (unpaired) electrons. The number of nitrogens with two attached hydrogens (primary N) is 1. The summed E-state index contributed by atoms with van der Waals surface area (Å²) in [6.45, 7) is 0. The summed E-state index contributed by atoms with van der Waals surface area (Å²) in [6.07, 6.45) is 0. The molecule has 0 fully saturated rings. The summed E-state index contributed by atoms with van der Waals surface area (Å²) >= 11 is 3.24. The molecule has 1 rings (SSSR count). The highest BCUT2D eigenvalue weighted by molar-refractivity contribution is 9.08. The predicted molar refractivity (Wildman–Crippen MR) is 43.4 cm³/mol. The van der Waals surface area contributed by atoms with Gasteiger partial charge in [-0.1, -0.05) is 22.0 Å². The highest BCUT2D eigenvalue weighted by Gasteiger charge is 1.96. The smallest absolute Gasteiger partial charge is 0.146 e. The number of hydrogen-bond acceptors (Lipinski definition) is 1. The molecule has 0 saturated heterocycles. The summed E-state index contributed by atoms with van der Waals surface area (Å²) in [5.74, 6) is -0.357. The van der Waals surface area contributed by atoms with Gasteiger partial charge in [-0.2, -0.15) is 0 Å². The van der Waals surface area contributed by atoms with Crippen molar-refractivity contribution in [3.63, 3.8) is 0 Å². The zero-order chi connectivity index (χ0) is 7.56. The minimum Gasteiger partial charge on any atom is -0.396 e. The standard InChI is InChI=1S/C7H7BrFN/c8-4-5-1-2-6(9)7(10)3-5/h1-3H,4,10H2. The molecule has 54 valence electrons. The van der Waals surface area contributed by atoms with Crippen LogP contribution in [0.3, 0.4) is 0 Å². The van der Waals surface area contributed by atoms with E-state index in [4.69, 9.17) is 5.73 Å². The van der Waals surface area contributed by atoms with E-state index in [1.54, 1.807) is 12.1 Å². The Hall–Kier alpha value is -0.570. The zero-order valence-electron chi connectivity index (χ0n) is 5.27. The molecular weight excluding hydrogens is 197 g/mol. The first-order chi connectivity index (χ1) is 4.74. The second-order valence-electron chi connectivity index (χ2n) is 1.99. The van der Waals surface area contributed by atoms with Crippen LogP contribution in [0.1, 0.15) is 5.56 Å². The van der Waals surface area contributed by atoms with E-state index in [0.717, 1.165) is 5.56 Å². The zero-order valence-corrected chi connectivity index (χ0v) is 6.86. The van der Waals surface area contributed by atoms with Crippen molar-refractivity contribution >= 4 is 21.6 Å². The van der Waals surface area contributed by atoms with Crippen molar-refractivity contribution < 1.29 is 4.39 Å². The molecule has 0 amide bonds. The summed E-state index contributed by atoms with van der Waals surface area (Å²) in [5, 5.41) is 0.706. The molecule has 10 heavy (non-hydrogen) atoms. The lowest BCUT2D eigenvalue weighted by Gasteiger charge is -1.97. The lowest BCUT2D eigenvalue weighted by atomic mass is 10.2. The van der Waals surface area contributed by atoms with Crippen LogP contribution in [-0.4, -0.2) is 0 Å². The van der Waals surface area contributed by atoms with E-state index in [1.807, 2.05) is 0 Å². The van der Waals surface area contributed by atoms with E-state index in [1.165, 1.54) is 6.07 Å². The van der Waals surface area contributed by atoms with Crippen molar-refractivity contribution in [1.82, 2.24) is 0 Å². The van der Waals surface area contributed by atoms with Gasteiger partial charge < -0.3 is 5.73 Å². The molecule has 2 N–H and O–H groups in total. The monoisotopic (exact) mass is 203 g/mol. The first-order valence-corrected chi connectivity index (χ1v) is 3.96. The summed E-state index contributed by atoms with van der Waals surface area (Å²) < 4.78 is 12.5. The Bertz CT molecular complexity index is 237. The second-order valence-corrected chi connectivity index (χ2v) is 2.55. The van der Waals surface area contributed by atoms with Crippen LogP contribution in [0.5, 0.6) is 0 Å². The Labute approximate surface area is 67.2 Å². The van der Waals surface area contributed by atoms with Crippen LogP contribution >= 0.6 is 15.9 Å². The van der Waals surface area contributed by atoms with E-state index in [-0.39, 0.29) is 11.5 Å². The Morgan fingerprint density at radius 1 is 1.50 bits per heavy atom. The summed E-state index contributed by atoms with van der Waals surface area (Å²) in [6, 6.07) is 4.68. The van der Waals surface area contributed by atoms with Crippen molar-refractivity contribution in [2.45, 2.75) is 5.33 Å². The van der Waals surface area contributed by atoms with Crippen LogP contribution in [0.15, 0.2) is 18.2 Å². The fraction of sp³-hybridized carbons (Fsp3) is 0.143. The van der Waals surface area contributed by atoms with Crippen LogP contribution < -0.4 is 5.73 Å². The molecule has 0 aromatic heterocycles. The largest absolute Gasteiger partial charge is 0.396 e. The molecule has 0 heterocycles. The van der Waals surface area contributed by atoms with Gasteiger partial charge in [-0.25, -0.2) is 4.39 Å². The number of nitrogen functional groups attached to an aromatic ring is 1. The summed E-state index contributed by atoms with van der Waals surface area (Å²) in [4.78, 5) is 0. The minimum atomic E-state index is -0.357. The lowest BCUT2D eigenvalue weighted by Crippen LogP contribution is -1.90. The van der Waals surface area contributed by atoms with Gasteiger partial charge in [0.05, 0.1) is 5.69 Å². The third-order valence-electron chi connectivity index (χ3n) is 1.21. The Kier molecular flexibility index (Phi) is 2.27. The minimum absolute atomic E-state index is 0.206. The average Bonchev–Trinajstić information content (AvgIpc) is 1.95. The van der Waals surface area contributed by atoms with Crippen LogP contribution in [0.25, 0.3) is 0 Å². The van der Waals surface area contributed by atoms with Gasteiger partial charge in [0.2, 0.25) is 0 Å². The molecule has 1 aromatic rings. The van der Waals surface area contributed by atoms with Crippen LogP contribution in [0, 0.1) is 5.82 Å². The summed E-state index contributed by atoms with van der Waals surface area (Å²) in [7, 11) is 0. The van der Waals surface area contributed by atoms with Crippen molar-refractivity contribution in [3.05, 3.63) is 29.6 Å². The van der Waals surface area contributed by atoms with Gasteiger partial charge in [-0.15, -0.1) is 0 Å².